The molecule has 0 amide bonds. The van der Waals surface area contributed by atoms with Crippen molar-refractivity contribution >= 4 is 16.7 Å². The molecule has 0 aliphatic carbocycles. The maximum atomic E-state index is 4.62. The standard InChI is InChI=1S/C24H28N8/c1-23-8-9-24(2,31-23)11-16(10-23)32(3)21-7-6-20(28-29-21)18-5-4-17(15-12-25-26-13-15)19-14-27-30-22(18)19/h4-7,12-14,16,31H,8-11H2,1-3H3,(H,25,26)(H,27,30)/t16?,23-,24+. The number of rotatable bonds is 4. The van der Waals surface area contributed by atoms with Crippen molar-refractivity contribution in [3.8, 4) is 22.4 Å². The van der Waals surface area contributed by atoms with Crippen LogP contribution in [0, 0.1) is 0 Å². The van der Waals surface area contributed by atoms with Gasteiger partial charge in [-0.1, -0.05) is 6.07 Å². The molecule has 0 spiro atoms. The second-order valence-electron chi connectivity index (χ2n) is 10.0. The van der Waals surface area contributed by atoms with Crippen LogP contribution in [0.3, 0.4) is 0 Å². The minimum absolute atomic E-state index is 0.224. The molecule has 2 fully saturated rings. The zero-order valence-electron chi connectivity index (χ0n) is 18.7. The first-order valence-corrected chi connectivity index (χ1v) is 11.2. The quantitative estimate of drug-likeness (QED) is 0.456. The number of H-pyrrole nitrogens is 2. The summed E-state index contributed by atoms with van der Waals surface area (Å²) in [5, 5.41) is 28.5. The van der Waals surface area contributed by atoms with E-state index in [1.165, 1.54) is 12.8 Å². The molecular weight excluding hydrogens is 400 g/mol. The predicted molar refractivity (Wildman–Crippen MR) is 125 cm³/mol. The third-order valence-electron chi connectivity index (χ3n) is 7.46. The fourth-order valence-corrected chi connectivity index (χ4v) is 5.84. The molecule has 2 aliphatic heterocycles. The summed E-state index contributed by atoms with van der Waals surface area (Å²) in [4.78, 5) is 2.31. The lowest BCUT2D eigenvalue weighted by Gasteiger charge is -2.45. The minimum atomic E-state index is 0.224. The van der Waals surface area contributed by atoms with Gasteiger partial charge >= 0.3 is 0 Å². The van der Waals surface area contributed by atoms with Crippen molar-refractivity contribution < 1.29 is 0 Å². The van der Waals surface area contributed by atoms with Crippen LogP contribution in [0.2, 0.25) is 0 Å². The number of hydrogen-bond acceptors (Lipinski definition) is 6. The number of hydrogen-bond donors (Lipinski definition) is 3. The summed E-state index contributed by atoms with van der Waals surface area (Å²) in [6.45, 7) is 4.71. The first kappa shape index (κ1) is 19.4. The number of fused-ring (bicyclic) bond motifs is 3. The lowest BCUT2D eigenvalue weighted by atomic mass is 9.84. The highest BCUT2D eigenvalue weighted by Gasteiger charge is 2.49. The number of nitrogens with zero attached hydrogens (tertiary/aromatic N) is 5. The number of aromatic amines is 2. The van der Waals surface area contributed by atoms with E-state index in [4.69, 9.17) is 0 Å². The summed E-state index contributed by atoms with van der Waals surface area (Å²) in [6.07, 6.45) is 10.3. The fraction of sp³-hybridized carbons (Fsp3) is 0.417. The third kappa shape index (κ3) is 3.09. The first-order valence-electron chi connectivity index (χ1n) is 11.2. The molecule has 2 saturated heterocycles. The number of aromatic nitrogens is 6. The van der Waals surface area contributed by atoms with Gasteiger partial charge in [0, 0.05) is 46.9 Å². The van der Waals surface area contributed by atoms with Gasteiger partial charge in [-0.25, -0.2) is 0 Å². The van der Waals surface area contributed by atoms with E-state index in [1.54, 1.807) is 0 Å². The van der Waals surface area contributed by atoms with E-state index in [0.717, 1.165) is 51.9 Å². The molecule has 3 aromatic heterocycles. The lowest BCUT2D eigenvalue weighted by Crippen LogP contribution is -2.58. The summed E-state index contributed by atoms with van der Waals surface area (Å²) in [5.74, 6) is 0.920. The third-order valence-corrected chi connectivity index (χ3v) is 7.46. The second-order valence-corrected chi connectivity index (χ2v) is 10.0. The van der Waals surface area contributed by atoms with Gasteiger partial charge in [0.2, 0.25) is 0 Å². The molecular formula is C24H28N8. The van der Waals surface area contributed by atoms with Crippen LogP contribution in [0.25, 0.3) is 33.3 Å². The summed E-state index contributed by atoms with van der Waals surface area (Å²) in [6, 6.07) is 8.77. The van der Waals surface area contributed by atoms with Crippen molar-refractivity contribution in [3.63, 3.8) is 0 Å². The molecule has 3 atom stereocenters. The average Bonchev–Trinajstić information content (AvgIpc) is 3.52. The Bertz CT molecular complexity index is 1240. The lowest BCUT2D eigenvalue weighted by molar-refractivity contribution is 0.207. The molecule has 5 heterocycles. The Morgan fingerprint density at radius 3 is 2.41 bits per heavy atom. The van der Waals surface area contributed by atoms with Gasteiger partial charge in [-0.3, -0.25) is 10.2 Å². The monoisotopic (exact) mass is 428 g/mol. The Balaban J connectivity index is 1.29. The van der Waals surface area contributed by atoms with Gasteiger partial charge in [0.1, 0.15) is 0 Å². The van der Waals surface area contributed by atoms with Crippen molar-refractivity contribution in [1.82, 2.24) is 35.9 Å². The van der Waals surface area contributed by atoms with E-state index in [0.29, 0.717) is 6.04 Å². The van der Waals surface area contributed by atoms with Crippen molar-refractivity contribution in [2.75, 3.05) is 11.9 Å². The van der Waals surface area contributed by atoms with Crippen molar-refractivity contribution in [2.45, 2.75) is 56.7 Å². The van der Waals surface area contributed by atoms with Gasteiger partial charge in [0.05, 0.1) is 23.6 Å². The fourth-order valence-electron chi connectivity index (χ4n) is 5.84. The Labute approximate surface area is 186 Å². The molecule has 0 saturated carbocycles. The van der Waals surface area contributed by atoms with Crippen LogP contribution in [0.4, 0.5) is 5.82 Å². The SMILES string of the molecule is CN(c1ccc(-c2ccc(-c3cn[nH]c3)c3cn[nH]c23)nn1)C1C[C@]2(C)CC[C@](C)(C1)N2. The van der Waals surface area contributed by atoms with Gasteiger partial charge in [0.15, 0.2) is 5.82 Å². The van der Waals surface area contributed by atoms with E-state index in [2.05, 4.69) is 86.0 Å². The smallest absolute Gasteiger partial charge is 0.151 e. The Hall–Kier alpha value is -3.26. The zero-order chi connectivity index (χ0) is 21.9. The molecule has 1 aromatic carbocycles. The maximum absolute atomic E-state index is 4.62. The molecule has 6 rings (SSSR count). The summed E-state index contributed by atoms with van der Waals surface area (Å²) in [5.41, 5.74) is 5.34. The van der Waals surface area contributed by atoms with Crippen LogP contribution in [-0.4, -0.2) is 54.8 Å². The molecule has 2 bridgehead atoms. The molecule has 1 unspecified atom stereocenters. The number of anilines is 1. The Kier molecular flexibility index (Phi) is 4.17. The van der Waals surface area contributed by atoms with E-state index >= 15 is 0 Å². The largest absolute Gasteiger partial charge is 0.355 e. The normalized spacial score (nSPS) is 27.2. The first-order chi connectivity index (χ1) is 15.4. The number of benzene rings is 1. The molecule has 32 heavy (non-hydrogen) atoms. The molecule has 3 N–H and O–H groups in total. The van der Waals surface area contributed by atoms with E-state index in [-0.39, 0.29) is 11.1 Å². The highest BCUT2D eigenvalue weighted by Crippen LogP contribution is 2.43. The number of nitrogens with one attached hydrogen (secondary N) is 3. The van der Waals surface area contributed by atoms with Crippen molar-refractivity contribution in [1.29, 1.82) is 0 Å². The van der Waals surface area contributed by atoms with Gasteiger partial charge < -0.3 is 10.2 Å². The van der Waals surface area contributed by atoms with Crippen LogP contribution < -0.4 is 10.2 Å². The summed E-state index contributed by atoms with van der Waals surface area (Å²) < 4.78 is 0. The Morgan fingerprint density at radius 1 is 0.938 bits per heavy atom. The average molecular weight is 429 g/mol. The van der Waals surface area contributed by atoms with E-state index < -0.39 is 0 Å². The Morgan fingerprint density at radius 2 is 1.72 bits per heavy atom. The van der Waals surface area contributed by atoms with Crippen LogP contribution in [0.15, 0.2) is 42.9 Å². The predicted octanol–water partition coefficient (Wildman–Crippen LogP) is 3.91. The molecule has 4 aromatic rings. The topological polar surface area (TPSA) is 98.4 Å². The van der Waals surface area contributed by atoms with Crippen LogP contribution in [-0.2, 0) is 0 Å². The van der Waals surface area contributed by atoms with Gasteiger partial charge in [-0.15, -0.1) is 10.2 Å². The molecule has 8 nitrogen and oxygen atoms in total. The summed E-state index contributed by atoms with van der Waals surface area (Å²) >= 11 is 0. The van der Waals surface area contributed by atoms with Gasteiger partial charge in [-0.2, -0.15) is 10.2 Å². The van der Waals surface area contributed by atoms with E-state index in [1.807, 2.05) is 18.6 Å². The van der Waals surface area contributed by atoms with Crippen LogP contribution in [0.5, 0.6) is 0 Å². The molecule has 0 radical (unpaired) electrons. The molecule has 2 aliphatic rings. The highest BCUT2D eigenvalue weighted by molar-refractivity contribution is 6.01. The highest BCUT2D eigenvalue weighted by atomic mass is 15.3. The molecule has 8 heteroatoms. The van der Waals surface area contributed by atoms with Gasteiger partial charge in [-0.05, 0) is 63.3 Å². The molecule has 164 valence electrons. The van der Waals surface area contributed by atoms with Crippen LogP contribution in [0.1, 0.15) is 39.5 Å². The number of piperidine rings is 1. The van der Waals surface area contributed by atoms with Crippen molar-refractivity contribution in [2.24, 2.45) is 0 Å². The minimum Gasteiger partial charge on any atom is -0.355 e. The van der Waals surface area contributed by atoms with Gasteiger partial charge in [0.25, 0.3) is 0 Å². The summed E-state index contributed by atoms with van der Waals surface area (Å²) in [7, 11) is 2.15. The zero-order valence-corrected chi connectivity index (χ0v) is 18.7. The van der Waals surface area contributed by atoms with Crippen LogP contribution >= 0.6 is 0 Å². The maximum Gasteiger partial charge on any atom is 0.151 e. The van der Waals surface area contributed by atoms with E-state index in [9.17, 15) is 0 Å². The second kappa shape index (κ2) is 6.87. The van der Waals surface area contributed by atoms with Crippen molar-refractivity contribution in [3.05, 3.63) is 42.9 Å².